The number of carbonyl (C=O) groups excluding carboxylic acids is 3. The Morgan fingerprint density at radius 1 is 0.810 bits per heavy atom. The van der Waals surface area contributed by atoms with Gasteiger partial charge in [0.25, 0.3) is 0 Å². The van der Waals surface area contributed by atoms with Crippen LogP contribution in [0.2, 0.25) is 0 Å². The zero-order valence-electron chi connectivity index (χ0n) is 26.4. The molecule has 0 aliphatic heterocycles. The third kappa shape index (κ3) is 9.91. The van der Waals surface area contributed by atoms with E-state index in [1.54, 1.807) is 45.0 Å². The first-order valence-corrected chi connectivity index (χ1v) is 15.2. The summed E-state index contributed by atoms with van der Waals surface area (Å²) in [4.78, 5) is 37.3. The smallest absolute Gasteiger partial charge is 0.341 e. The van der Waals surface area contributed by atoms with Gasteiger partial charge in [-0.05, 0) is 104 Å². The number of amides is 2. The molecule has 0 saturated heterocycles. The van der Waals surface area contributed by atoms with Crippen LogP contribution in [-0.4, -0.2) is 28.9 Å². The Kier molecular flexibility index (Phi) is 11.9. The van der Waals surface area contributed by atoms with Gasteiger partial charge in [0.15, 0.2) is 0 Å². The molecule has 42 heavy (non-hydrogen) atoms. The van der Waals surface area contributed by atoms with Crippen molar-refractivity contribution in [3.63, 3.8) is 0 Å². The molecule has 0 spiro atoms. The van der Waals surface area contributed by atoms with Crippen LogP contribution in [0.25, 0.3) is 0 Å². The van der Waals surface area contributed by atoms with Gasteiger partial charge in [-0.3, -0.25) is 14.4 Å². The van der Waals surface area contributed by atoms with Crippen molar-refractivity contribution in [3.8, 4) is 5.75 Å². The Balaban J connectivity index is 1.97. The van der Waals surface area contributed by atoms with E-state index in [4.69, 9.17) is 32.7 Å². The van der Waals surface area contributed by atoms with Crippen molar-refractivity contribution >= 4 is 52.4 Å². The van der Waals surface area contributed by atoms with E-state index in [0.717, 1.165) is 18.6 Å². The number of hydrogen-bond acceptors (Lipinski definition) is 5. The highest BCUT2D eigenvalue weighted by Crippen LogP contribution is 2.38. The van der Waals surface area contributed by atoms with Gasteiger partial charge in [0.2, 0.25) is 5.91 Å². The molecule has 0 fully saturated rings. The van der Waals surface area contributed by atoms with Gasteiger partial charge >= 0.3 is 16.4 Å². The van der Waals surface area contributed by atoms with Crippen LogP contribution in [0, 0.1) is 5.41 Å². The molecule has 9 heteroatoms. The lowest BCUT2D eigenvalue weighted by Gasteiger charge is -2.30. The van der Waals surface area contributed by atoms with E-state index in [9.17, 15) is 14.4 Å². The van der Waals surface area contributed by atoms with Crippen LogP contribution in [0.3, 0.4) is 0 Å². The van der Waals surface area contributed by atoms with Crippen molar-refractivity contribution in [2.24, 2.45) is 5.41 Å². The summed E-state index contributed by atoms with van der Waals surface area (Å²) in [7, 11) is 0. The number of rotatable bonds is 13. The molecule has 0 radical (unpaired) electrons. The van der Waals surface area contributed by atoms with Gasteiger partial charge in [-0.15, -0.1) is 0 Å². The number of ether oxygens (including phenoxy) is 2. The third-order valence-electron chi connectivity index (χ3n) is 7.57. The number of halogens is 2. The van der Waals surface area contributed by atoms with Crippen LogP contribution in [-0.2, 0) is 30.0 Å². The first-order chi connectivity index (χ1) is 19.3. The number of alkyl halides is 2. The lowest BCUT2D eigenvalue weighted by atomic mass is 9.76. The molecule has 0 atom stereocenters. The minimum Gasteiger partial charge on any atom is -0.493 e. The van der Waals surface area contributed by atoms with E-state index in [1.807, 2.05) is 0 Å². The van der Waals surface area contributed by atoms with Crippen LogP contribution in [0.1, 0.15) is 99.1 Å². The molecule has 2 aromatic rings. The maximum atomic E-state index is 12.6. The highest BCUT2D eigenvalue weighted by atomic mass is 35.5. The molecule has 0 aliphatic rings. The van der Waals surface area contributed by atoms with E-state index in [0.29, 0.717) is 24.4 Å². The molecule has 0 aliphatic carbocycles. The van der Waals surface area contributed by atoms with Crippen LogP contribution >= 0.6 is 23.2 Å². The number of nitrogens with one attached hydrogen (secondary N) is 2. The van der Waals surface area contributed by atoms with Crippen molar-refractivity contribution in [1.29, 1.82) is 0 Å². The van der Waals surface area contributed by atoms with Crippen LogP contribution in [0.15, 0.2) is 42.5 Å². The van der Waals surface area contributed by atoms with Gasteiger partial charge in [-0.25, -0.2) is 0 Å². The minimum absolute atomic E-state index is 0.0478. The summed E-state index contributed by atoms with van der Waals surface area (Å²) in [5, 5.41) is 5.33. The molecule has 0 heterocycles. The second-order valence-corrected chi connectivity index (χ2v) is 14.1. The van der Waals surface area contributed by atoms with E-state index < -0.39 is 21.8 Å². The van der Waals surface area contributed by atoms with E-state index in [1.165, 1.54) is 11.1 Å². The van der Waals surface area contributed by atoms with E-state index >= 15 is 0 Å². The van der Waals surface area contributed by atoms with Crippen LogP contribution in [0.5, 0.6) is 5.75 Å². The highest BCUT2D eigenvalue weighted by Gasteiger charge is 2.41. The van der Waals surface area contributed by atoms with Gasteiger partial charge in [0.05, 0.1) is 12.0 Å². The lowest BCUT2D eigenvalue weighted by molar-refractivity contribution is -0.160. The average molecular weight is 622 g/mol. The molecule has 0 saturated carbocycles. The molecular weight excluding hydrogens is 575 g/mol. The van der Waals surface area contributed by atoms with Crippen molar-refractivity contribution in [3.05, 3.63) is 53.6 Å². The summed E-state index contributed by atoms with van der Waals surface area (Å²) in [6.45, 7) is 18.6. The Hall–Kier alpha value is -2.77. The highest BCUT2D eigenvalue weighted by molar-refractivity contribution is 6.58. The fourth-order valence-electron chi connectivity index (χ4n) is 3.83. The van der Waals surface area contributed by atoms with E-state index in [2.05, 4.69) is 70.4 Å². The average Bonchev–Trinajstić information content (AvgIpc) is 2.90. The first kappa shape index (κ1) is 35.4. The summed E-state index contributed by atoms with van der Waals surface area (Å²) in [6, 6.07) is 13.0. The molecule has 232 valence electrons. The molecular formula is C33H46Cl2N2O5. The largest absolute Gasteiger partial charge is 0.493 e. The molecule has 2 amide bonds. The SMILES string of the molecule is CCC(C)(C)c1ccc(OCCCC(=O)Nc2cccc(NC(=O)C(Cl)(Cl)OC(=O)C(C)(C)C)c2)c(C(C)(C)CC)c1. The Labute approximate surface area is 261 Å². The van der Waals surface area contributed by atoms with Crippen LogP contribution in [0.4, 0.5) is 11.4 Å². The summed E-state index contributed by atoms with van der Waals surface area (Å²) in [6.07, 6.45) is 2.78. The maximum Gasteiger partial charge on any atom is 0.341 e. The van der Waals surface area contributed by atoms with Gasteiger partial charge in [-0.2, -0.15) is 0 Å². The minimum atomic E-state index is -2.41. The topological polar surface area (TPSA) is 93.7 Å². The first-order valence-electron chi connectivity index (χ1n) is 14.4. The monoisotopic (exact) mass is 620 g/mol. The Bertz CT molecular complexity index is 1270. The summed E-state index contributed by atoms with van der Waals surface area (Å²) >= 11 is 12.0. The second-order valence-electron chi connectivity index (χ2n) is 12.9. The molecule has 2 rings (SSSR count). The second kappa shape index (κ2) is 14.1. The predicted octanol–water partition coefficient (Wildman–Crippen LogP) is 8.52. The zero-order valence-corrected chi connectivity index (χ0v) is 27.9. The third-order valence-corrected chi connectivity index (χ3v) is 8.06. The van der Waals surface area contributed by atoms with Crippen molar-refractivity contribution in [2.45, 2.75) is 103 Å². The summed E-state index contributed by atoms with van der Waals surface area (Å²) < 4.78 is 8.74. The lowest BCUT2D eigenvalue weighted by Crippen LogP contribution is -2.40. The standard InChI is InChI=1S/C33H46Cl2N2O5/c1-10-31(6,7)22-17-18-26(25(20-22)32(8,9)11-2)41-19-13-16-27(38)36-23-14-12-15-24(21-23)37-28(39)33(34,35)42-29(40)30(3,4)5/h12,14-15,17-18,20-21H,10-11,13,16,19H2,1-9H3,(H,36,38)(H,37,39). The number of esters is 1. The Morgan fingerprint density at radius 2 is 1.40 bits per heavy atom. The fourth-order valence-corrected chi connectivity index (χ4v) is 4.07. The number of benzene rings is 2. The quantitative estimate of drug-likeness (QED) is 0.133. The van der Waals surface area contributed by atoms with Crippen molar-refractivity contribution in [2.75, 3.05) is 17.2 Å². The summed E-state index contributed by atoms with van der Waals surface area (Å²) in [5.41, 5.74) is 2.40. The normalized spacial score (nSPS) is 12.5. The maximum absolute atomic E-state index is 12.6. The van der Waals surface area contributed by atoms with Gasteiger partial charge in [-0.1, -0.05) is 59.7 Å². The van der Waals surface area contributed by atoms with Gasteiger partial charge in [0.1, 0.15) is 5.75 Å². The summed E-state index contributed by atoms with van der Waals surface area (Å²) in [5.74, 6) is -1.00. The fraction of sp³-hybridized carbons (Fsp3) is 0.545. The van der Waals surface area contributed by atoms with Crippen LogP contribution < -0.4 is 15.4 Å². The molecule has 0 unspecified atom stereocenters. The number of carbonyl (C=O) groups is 3. The van der Waals surface area contributed by atoms with Crippen molar-refractivity contribution < 1.29 is 23.9 Å². The zero-order chi connectivity index (χ0) is 31.9. The van der Waals surface area contributed by atoms with Gasteiger partial charge < -0.3 is 20.1 Å². The van der Waals surface area contributed by atoms with E-state index in [-0.39, 0.29) is 23.2 Å². The van der Waals surface area contributed by atoms with Gasteiger partial charge in [0, 0.05) is 23.4 Å². The molecule has 0 aromatic heterocycles. The number of anilines is 2. The number of hydrogen-bond donors (Lipinski definition) is 2. The van der Waals surface area contributed by atoms with Crippen molar-refractivity contribution in [1.82, 2.24) is 0 Å². The molecule has 0 bridgehead atoms. The molecule has 7 nitrogen and oxygen atoms in total. The predicted molar refractivity (Wildman–Crippen MR) is 171 cm³/mol. The molecule has 2 aromatic carbocycles. The molecule has 2 N–H and O–H groups in total. The Morgan fingerprint density at radius 3 is 1.98 bits per heavy atom.